The number of fused-ring (bicyclic) bond motifs is 1. The van der Waals surface area contributed by atoms with E-state index in [1.807, 2.05) is 17.8 Å². The van der Waals surface area contributed by atoms with Gasteiger partial charge in [0.1, 0.15) is 13.2 Å². The summed E-state index contributed by atoms with van der Waals surface area (Å²) < 4.78 is 11.1. The molecule has 1 fully saturated rings. The lowest BCUT2D eigenvalue weighted by molar-refractivity contribution is 0.171. The van der Waals surface area contributed by atoms with Crippen LogP contribution in [-0.2, 0) is 0 Å². The highest BCUT2D eigenvalue weighted by molar-refractivity contribution is 7.99. The van der Waals surface area contributed by atoms with Crippen molar-refractivity contribution in [2.75, 3.05) is 31.3 Å². The van der Waals surface area contributed by atoms with Gasteiger partial charge in [-0.3, -0.25) is 0 Å². The van der Waals surface area contributed by atoms with Crippen LogP contribution in [0.15, 0.2) is 18.2 Å². The van der Waals surface area contributed by atoms with Crippen LogP contribution in [0.3, 0.4) is 0 Å². The van der Waals surface area contributed by atoms with Crippen LogP contribution >= 0.6 is 11.8 Å². The molecular weight excluding hydrogens is 222 g/mol. The third-order valence-corrected chi connectivity index (χ3v) is 3.95. The van der Waals surface area contributed by atoms with E-state index in [1.165, 1.54) is 11.3 Å². The summed E-state index contributed by atoms with van der Waals surface area (Å²) in [6, 6.07) is 6.72. The number of nitrogens with one attached hydrogen (secondary N) is 1. The molecule has 2 aliphatic heterocycles. The summed E-state index contributed by atoms with van der Waals surface area (Å²) in [5.74, 6) is 4.11. The molecule has 1 aromatic carbocycles. The Morgan fingerprint density at radius 1 is 1.19 bits per heavy atom. The lowest BCUT2D eigenvalue weighted by Gasteiger charge is -2.25. The van der Waals surface area contributed by atoms with Gasteiger partial charge in [-0.25, -0.2) is 0 Å². The molecule has 0 aliphatic carbocycles. The molecule has 0 aromatic heterocycles. The van der Waals surface area contributed by atoms with Crippen LogP contribution in [0.1, 0.15) is 11.6 Å². The molecule has 86 valence electrons. The summed E-state index contributed by atoms with van der Waals surface area (Å²) in [5.41, 5.74) is 1.30. The Bertz CT molecular complexity index is 377. The van der Waals surface area contributed by atoms with Gasteiger partial charge in [-0.15, -0.1) is 0 Å². The number of hydrogen-bond acceptors (Lipinski definition) is 4. The Balaban J connectivity index is 1.84. The molecule has 4 heteroatoms. The average molecular weight is 237 g/mol. The summed E-state index contributed by atoms with van der Waals surface area (Å²) in [6.07, 6.45) is 0. The number of rotatable bonds is 1. The zero-order chi connectivity index (χ0) is 10.8. The molecule has 3 rings (SSSR count). The first kappa shape index (κ1) is 10.3. The minimum absolute atomic E-state index is 0.453. The van der Waals surface area contributed by atoms with Crippen LogP contribution in [0.25, 0.3) is 0 Å². The molecule has 0 saturated carbocycles. The van der Waals surface area contributed by atoms with E-state index in [0.29, 0.717) is 19.3 Å². The van der Waals surface area contributed by atoms with Gasteiger partial charge >= 0.3 is 0 Å². The van der Waals surface area contributed by atoms with E-state index in [2.05, 4.69) is 17.4 Å². The molecule has 1 saturated heterocycles. The lowest BCUT2D eigenvalue weighted by Crippen LogP contribution is -2.30. The van der Waals surface area contributed by atoms with Gasteiger partial charge in [-0.05, 0) is 17.7 Å². The standard InChI is InChI=1S/C12H15NO2S/c1-2-11-12(15-5-4-14-11)7-9(1)10-8-16-6-3-13-10/h1-2,7,10,13H,3-6,8H2. The van der Waals surface area contributed by atoms with Crippen molar-refractivity contribution >= 4 is 11.8 Å². The molecule has 1 aromatic rings. The minimum Gasteiger partial charge on any atom is -0.486 e. The molecule has 0 radical (unpaired) electrons. The molecule has 0 bridgehead atoms. The predicted octanol–water partition coefficient (Wildman–Crippen LogP) is 1.84. The first-order valence-electron chi connectivity index (χ1n) is 5.64. The highest BCUT2D eigenvalue weighted by Gasteiger charge is 2.18. The molecule has 1 unspecified atom stereocenters. The van der Waals surface area contributed by atoms with Crippen molar-refractivity contribution in [1.29, 1.82) is 0 Å². The van der Waals surface area contributed by atoms with E-state index in [0.717, 1.165) is 23.8 Å². The fourth-order valence-electron chi connectivity index (χ4n) is 2.06. The van der Waals surface area contributed by atoms with Crippen LogP contribution in [0.4, 0.5) is 0 Å². The van der Waals surface area contributed by atoms with Crippen molar-refractivity contribution in [3.8, 4) is 11.5 Å². The molecule has 2 aliphatic rings. The zero-order valence-corrected chi connectivity index (χ0v) is 9.89. The van der Waals surface area contributed by atoms with Crippen LogP contribution in [0.5, 0.6) is 11.5 Å². The summed E-state index contributed by atoms with van der Waals surface area (Å²) in [5, 5.41) is 3.52. The molecule has 0 amide bonds. The summed E-state index contributed by atoms with van der Waals surface area (Å²) >= 11 is 2.00. The van der Waals surface area contributed by atoms with Crippen LogP contribution < -0.4 is 14.8 Å². The average Bonchev–Trinajstić information content (AvgIpc) is 2.39. The van der Waals surface area contributed by atoms with E-state index in [9.17, 15) is 0 Å². The van der Waals surface area contributed by atoms with Gasteiger partial charge in [0.2, 0.25) is 0 Å². The van der Waals surface area contributed by atoms with Crippen molar-refractivity contribution in [2.24, 2.45) is 0 Å². The molecule has 1 N–H and O–H groups in total. The SMILES string of the molecule is c1cc2c(cc1C1CSCCN1)OCCO2. The number of benzene rings is 1. The monoisotopic (exact) mass is 237 g/mol. The number of ether oxygens (including phenoxy) is 2. The fraction of sp³-hybridized carbons (Fsp3) is 0.500. The van der Waals surface area contributed by atoms with Gasteiger partial charge in [0.25, 0.3) is 0 Å². The molecule has 1 atom stereocenters. The normalized spacial score (nSPS) is 24.1. The van der Waals surface area contributed by atoms with Gasteiger partial charge in [-0.2, -0.15) is 11.8 Å². The van der Waals surface area contributed by atoms with Crippen molar-refractivity contribution in [2.45, 2.75) is 6.04 Å². The Kier molecular flexibility index (Phi) is 2.93. The van der Waals surface area contributed by atoms with Gasteiger partial charge in [0, 0.05) is 24.1 Å². The molecule has 2 heterocycles. The topological polar surface area (TPSA) is 30.5 Å². The molecule has 3 nitrogen and oxygen atoms in total. The number of hydrogen-bond donors (Lipinski definition) is 1. The Morgan fingerprint density at radius 2 is 2.06 bits per heavy atom. The summed E-state index contributed by atoms with van der Waals surface area (Å²) in [6.45, 7) is 2.40. The summed E-state index contributed by atoms with van der Waals surface area (Å²) in [4.78, 5) is 0. The van der Waals surface area contributed by atoms with Crippen LogP contribution in [-0.4, -0.2) is 31.3 Å². The second kappa shape index (κ2) is 4.55. The molecule has 0 spiro atoms. The van der Waals surface area contributed by atoms with E-state index in [-0.39, 0.29) is 0 Å². The van der Waals surface area contributed by atoms with E-state index >= 15 is 0 Å². The highest BCUT2D eigenvalue weighted by Crippen LogP contribution is 2.33. The van der Waals surface area contributed by atoms with Gasteiger partial charge in [0.05, 0.1) is 0 Å². The van der Waals surface area contributed by atoms with Crippen LogP contribution in [0.2, 0.25) is 0 Å². The van der Waals surface area contributed by atoms with Gasteiger partial charge in [-0.1, -0.05) is 6.07 Å². The van der Waals surface area contributed by atoms with Crippen molar-refractivity contribution < 1.29 is 9.47 Å². The maximum atomic E-state index is 5.60. The molecular formula is C12H15NO2S. The van der Waals surface area contributed by atoms with E-state index in [4.69, 9.17) is 9.47 Å². The lowest BCUT2D eigenvalue weighted by atomic mass is 10.1. The van der Waals surface area contributed by atoms with Gasteiger partial charge in [0.15, 0.2) is 11.5 Å². The predicted molar refractivity (Wildman–Crippen MR) is 65.5 cm³/mol. The van der Waals surface area contributed by atoms with Gasteiger partial charge < -0.3 is 14.8 Å². The summed E-state index contributed by atoms with van der Waals surface area (Å²) in [7, 11) is 0. The number of thioether (sulfide) groups is 1. The van der Waals surface area contributed by atoms with Crippen molar-refractivity contribution in [1.82, 2.24) is 5.32 Å². The zero-order valence-electron chi connectivity index (χ0n) is 9.07. The Hall–Kier alpha value is -0.870. The quantitative estimate of drug-likeness (QED) is 0.807. The molecule has 16 heavy (non-hydrogen) atoms. The third kappa shape index (κ3) is 1.99. The maximum absolute atomic E-state index is 5.60. The van der Waals surface area contributed by atoms with Crippen molar-refractivity contribution in [3.63, 3.8) is 0 Å². The highest BCUT2D eigenvalue weighted by atomic mass is 32.2. The van der Waals surface area contributed by atoms with E-state index in [1.54, 1.807) is 0 Å². The second-order valence-electron chi connectivity index (χ2n) is 3.98. The van der Waals surface area contributed by atoms with Crippen LogP contribution in [0, 0.1) is 0 Å². The smallest absolute Gasteiger partial charge is 0.161 e. The minimum atomic E-state index is 0.453. The maximum Gasteiger partial charge on any atom is 0.161 e. The van der Waals surface area contributed by atoms with Crippen molar-refractivity contribution in [3.05, 3.63) is 23.8 Å². The first-order valence-corrected chi connectivity index (χ1v) is 6.79. The Labute approximate surface area is 99.5 Å². The second-order valence-corrected chi connectivity index (χ2v) is 5.13. The van der Waals surface area contributed by atoms with E-state index < -0.39 is 0 Å². The Morgan fingerprint density at radius 3 is 2.88 bits per heavy atom. The fourth-order valence-corrected chi connectivity index (χ4v) is 3.03. The largest absolute Gasteiger partial charge is 0.486 e. The first-order chi connectivity index (χ1) is 7.93. The third-order valence-electron chi connectivity index (χ3n) is 2.89.